The Hall–Kier alpha value is -4.53. The van der Waals surface area contributed by atoms with Crippen molar-refractivity contribution in [1.82, 2.24) is 24.6 Å². The van der Waals surface area contributed by atoms with Crippen LogP contribution >= 0.6 is 0 Å². The molecule has 0 unspecified atom stereocenters. The van der Waals surface area contributed by atoms with Gasteiger partial charge in [0.2, 0.25) is 5.91 Å². The minimum absolute atomic E-state index is 0.00749. The maximum atomic E-state index is 13.1. The Labute approximate surface area is 234 Å². The summed E-state index contributed by atoms with van der Waals surface area (Å²) in [5.74, 6) is 0.530. The second kappa shape index (κ2) is 11.3. The van der Waals surface area contributed by atoms with E-state index >= 15 is 0 Å². The molecule has 5 rings (SSSR count). The van der Waals surface area contributed by atoms with Crippen molar-refractivity contribution in [1.29, 1.82) is 0 Å². The molecular formula is C31H35N7O2. The number of hydrogen-bond acceptors (Lipinski definition) is 6. The fourth-order valence-electron chi connectivity index (χ4n) is 5.11. The fourth-order valence-corrected chi connectivity index (χ4v) is 5.11. The van der Waals surface area contributed by atoms with Crippen molar-refractivity contribution in [2.45, 2.75) is 52.5 Å². The van der Waals surface area contributed by atoms with E-state index in [9.17, 15) is 9.59 Å². The van der Waals surface area contributed by atoms with Crippen LogP contribution in [-0.2, 0) is 4.79 Å². The molecule has 2 amide bonds. The molecule has 9 heteroatoms. The highest BCUT2D eigenvalue weighted by atomic mass is 16.2. The fraction of sp³-hybridized carbons (Fsp3) is 0.323. The molecule has 2 aromatic carbocycles. The van der Waals surface area contributed by atoms with Crippen LogP contribution in [0.1, 0.15) is 68.4 Å². The lowest BCUT2D eigenvalue weighted by Crippen LogP contribution is -2.40. The van der Waals surface area contributed by atoms with Crippen LogP contribution in [-0.4, -0.2) is 49.6 Å². The summed E-state index contributed by atoms with van der Waals surface area (Å²) < 4.78 is 1.87. The molecule has 206 valence electrons. The minimum Gasteiger partial charge on any atom is -0.383 e. The van der Waals surface area contributed by atoms with Crippen molar-refractivity contribution < 1.29 is 9.59 Å². The number of benzene rings is 2. The molecule has 0 bridgehead atoms. The number of nitrogens with zero attached hydrogens (tertiary/aromatic N) is 5. The standard InChI is InChI=1S/C31H35N7O2/c1-19(2)15-26(39)37-14-6-9-25(17-37)38-30-27(29(32)33-18-34-30)28(36-38)22-7-5-8-23(16-22)31(40)35-24-12-10-21(11-13-24)20(3)4/h5,7-8,10-13,15-16,18,20,25H,6,9,14,17H2,1-4H3,(H,35,40)(H2,32,33,34)/t25-/m1/s1. The molecule has 0 aliphatic carbocycles. The molecule has 3 heterocycles. The number of carbonyl (C=O) groups is 2. The molecule has 4 aromatic rings. The van der Waals surface area contributed by atoms with Crippen LogP contribution in [0.4, 0.5) is 11.5 Å². The zero-order valence-electron chi connectivity index (χ0n) is 23.4. The monoisotopic (exact) mass is 537 g/mol. The molecule has 1 aliphatic heterocycles. The molecule has 2 aromatic heterocycles. The number of nitrogen functional groups attached to an aromatic ring is 1. The molecule has 0 saturated carbocycles. The summed E-state index contributed by atoms with van der Waals surface area (Å²) in [5, 5.41) is 8.58. The van der Waals surface area contributed by atoms with E-state index in [1.807, 2.05) is 65.9 Å². The lowest BCUT2D eigenvalue weighted by atomic mass is 10.0. The molecule has 1 fully saturated rings. The molecule has 0 radical (unpaired) electrons. The average molecular weight is 538 g/mol. The van der Waals surface area contributed by atoms with Gasteiger partial charge in [-0.25, -0.2) is 14.6 Å². The molecule has 1 atom stereocenters. The van der Waals surface area contributed by atoms with Crippen LogP contribution in [0.2, 0.25) is 0 Å². The SMILES string of the molecule is CC(C)=CC(=O)N1CCC[C@@H](n2nc(-c3cccc(C(=O)Nc4ccc(C(C)C)cc4)c3)c3c(N)ncnc32)C1. The van der Waals surface area contributed by atoms with Gasteiger partial charge in [0, 0.05) is 36.0 Å². The van der Waals surface area contributed by atoms with Gasteiger partial charge in [-0.3, -0.25) is 9.59 Å². The molecule has 9 nitrogen and oxygen atoms in total. The quantitative estimate of drug-likeness (QED) is 0.310. The number of fused-ring (bicyclic) bond motifs is 1. The van der Waals surface area contributed by atoms with Crippen molar-refractivity contribution in [2.75, 3.05) is 24.1 Å². The molecule has 0 spiro atoms. The van der Waals surface area contributed by atoms with Crippen LogP contribution in [0.15, 0.2) is 66.5 Å². The number of allylic oxidation sites excluding steroid dienone is 1. The summed E-state index contributed by atoms with van der Waals surface area (Å²) in [6.45, 7) is 9.35. The highest BCUT2D eigenvalue weighted by Gasteiger charge is 2.28. The van der Waals surface area contributed by atoms with Gasteiger partial charge in [0.05, 0.1) is 11.4 Å². The van der Waals surface area contributed by atoms with Crippen molar-refractivity contribution >= 4 is 34.4 Å². The third-order valence-corrected chi connectivity index (χ3v) is 7.22. The Balaban J connectivity index is 1.46. The Morgan fingerprint density at radius 2 is 1.88 bits per heavy atom. The lowest BCUT2D eigenvalue weighted by Gasteiger charge is -2.32. The van der Waals surface area contributed by atoms with Gasteiger partial charge in [0.15, 0.2) is 5.65 Å². The van der Waals surface area contributed by atoms with Crippen molar-refractivity contribution in [3.05, 3.63) is 77.6 Å². The predicted octanol–water partition coefficient (Wildman–Crippen LogP) is 5.58. The van der Waals surface area contributed by atoms with Crippen LogP contribution in [0.5, 0.6) is 0 Å². The number of amides is 2. The summed E-state index contributed by atoms with van der Waals surface area (Å²) in [5.41, 5.74) is 11.7. The zero-order valence-corrected chi connectivity index (χ0v) is 23.4. The largest absolute Gasteiger partial charge is 0.383 e. The van der Waals surface area contributed by atoms with E-state index in [1.165, 1.54) is 11.9 Å². The van der Waals surface area contributed by atoms with Gasteiger partial charge in [-0.05, 0) is 62.4 Å². The third-order valence-electron chi connectivity index (χ3n) is 7.22. The maximum absolute atomic E-state index is 13.1. The van der Waals surface area contributed by atoms with E-state index in [1.54, 1.807) is 12.1 Å². The number of aromatic nitrogens is 4. The molecule has 40 heavy (non-hydrogen) atoms. The summed E-state index contributed by atoms with van der Waals surface area (Å²) in [4.78, 5) is 36.5. The number of nitrogens with two attached hydrogens (primary N) is 1. The summed E-state index contributed by atoms with van der Waals surface area (Å²) in [6.07, 6.45) is 4.82. The highest BCUT2D eigenvalue weighted by Crippen LogP contribution is 2.34. The van der Waals surface area contributed by atoms with Crippen LogP contribution < -0.4 is 11.1 Å². The number of hydrogen-bond donors (Lipinski definition) is 2. The first-order valence-electron chi connectivity index (χ1n) is 13.7. The summed E-state index contributed by atoms with van der Waals surface area (Å²) in [6, 6.07) is 15.1. The Bertz CT molecular complexity index is 1580. The first kappa shape index (κ1) is 27.1. The summed E-state index contributed by atoms with van der Waals surface area (Å²) >= 11 is 0. The number of piperidine rings is 1. The number of rotatable bonds is 6. The van der Waals surface area contributed by atoms with Crippen molar-refractivity contribution in [3.63, 3.8) is 0 Å². The first-order chi connectivity index (χ1) is 19.2. The van der Waals surface area contributed by atoms with E-state index < -0.39 is 0 Å². The van der Waals surface area contributed by atoms with Gasteiger partial charge in [0.25, 0.3) is 5.91 Å². The molecule has 3 N–H and O–H groups in total. The maximum Gasteiger partial charge on any atom is 0.255 e. The van der Waals surface area contributed by atoms with E-state index in [-0.39, 0.29) is 17.9 Å². The highest BCUT2D eigenvalue weighted by molar-refractivity contribution is 6.06. The van der Waals surface area contributed by atoms with E-state index in [4.69, 9.17) is 10.8 Å². The Morgan fingerprint density at radius 3 is 2.60 bits per heavy atom. The zero-order chi connectivity index (χ0) is 28.4. The van der Waals surface area contributed by atoms with Gasteiger partial charge in [-0.2, -0.15) is 5.10 Å². The van der Waals surface area contributed by atoms with Crippen LogP contribution in [0, 0.1) is 0 Å². The molecule has 1 saturated heterocycles. The van der Waals surface area contributed by atoms with Gasteiger partial charge in [0.1, 0.15) is 17.8 Å². The Morgan fingerprint density at radius 1 is 1.10 bits per heavy atom. The number of likely N-dealkylation sites (tertiary alicyclic amines) is 1. The topological polar surface area (TPSA) is 119 Å². The van der Waals surface area contributed by atoms with Crippen molar-refractivity contribution in [3.8, 4) is 11.3 Å². The van der Waals surface area contributed by atoms with E-state index in [0.717, 1.165) is 29.7 Å². The minimum atomic E-state index is -0.215. The predicted molar refractivity (Wildman–Crippen MR) is 158 cm³/mol. The van der Waals surface area contributed by atoms with Crippen LogP contribution in [0.3, 0.4) is 0 Å². The number of nitrogens with one attached hydrogen (secondary N) is 1. The van der Waals surface area contributed by atoms with Gasteiger partial charge >= 0.3 is 0 Å². The van der Waals surface area contributed by atoms with Gasteiger partial charge in [-0.15, -0.1) is 0 Å². The lowest BCUT2D eigenvalue weighted by molar-refractivity contribution is -0.127. The van der Waals surface area contributed by atoms with Gasteiger partial charge in [-0.1, -0.05) is 43.7 Å². The van der Waals surface area contributed by atoms with Crippen LogP contribution in [0.25, 0.3) is 22.3 Å². The smallest absolute Gasteiger partial charge is 0.255 e. The average Bonchev–Trinajstić information content (AvgIpc) is 3.34. The summed E-state index contributed by atoms with van der Waals surface area (Å²) in [7, 11) is 0. The number of anilines is 2. The molecular weight excluding hydrogens is 502 g/mol. The first-order valence-corrected chi connectivity index (χ1v) is 13.7. The Kier molecular flexibility index (Phi) is 7.64. The second-order valence-corrected chi connectivity index (χ2v) is 10.9. The number of carbonyl (C=O) groups excluding carboxylic acids is 2. The third kappa shape index (κ3) is 5.59. The van der Waals surface area contributed by atoms with Crippen molar-refractivity contribution in [2.24, 2.45) is 0 Å². The molecule has 1 aliphatic rings. The van der Waals surface area contributed by atoms with Gasteiger partial charge < -0.3 is 16.0 Å². The normalized spacial score (nSPS) is 15.3. The second-order valence-electron chi connectivity index (χ2n) is 10.9. The van der Waals surface area contributed by atoms with E-state index in [2.05, 4.69) is 29.1 Å². The van der Waals surface area contributed by atoms with E-state index in [0.29, 0.717) is 47.1 Å².